The molecular weight excluding hydrogens is 1330 g/mol. The van der Waals surface area contributed by atoms with Gasteiger partial charge in [0, 0.05) is 25.7 Å². The summed E-state index contributed by atoms with van der Waals surface area (Å²) in [6, 6.07) is 0. The van der Waals surface area contributed by atoms with E-state index in [0.29, 0.717) is 25.7 Å². The van der Waals surface area contributed by atoms with E-state index in [1.54, 1.807) is 0 Å². The number of hydrogen-bond donors (Lipinski definition) is 3. The third-order valence-electron chi connectivity index (χ3n) is 19.3. The molecule has 5 atom stereocenters. The first kappa shape index (κ1) is 100. The van der Waals surface area contributed by atoms with Crippen LogP contribution in [-0.2, 0) is 65.4 Å². The molecule has 606 valence electrons. The van der Waals surface area contributed by atoms with Crippen LogP contribution in [0.25, 0.3) is 0 Å². The lowest BCUT2D eigenvalue weighted by molar-refractivity contribution is -0.161. The van der Waals surface area contributed by atoms with Crippen LogP contribution in [0.1, 0.15) is 428 Å². The number of ether oxygens (including phenoxy) is 4. The highest BCUT2D eigenvalue weighted by Crippen LogP contribution is 2.45. The Morgan fingerprint density at radius 2 is 0.412 bits per heavy atom. The van der Waals surface area contributed by atoms with Gasteiger partial charge in [-0.2, -0.15) is 0 Å². The lowest BCUT2D eigenvalue weighted by Crippen LogP contribution is -2.30. The van der Waals surface area contributed by atoms with Crippen LogP contribution in [0.15, 0.2) is 0 Å². The highest BCUT2D eigenvalue weighted by Gasteiger charge is 2.30. The van der Waals surface area contributed by atoms with E-state index < -0.39 is 97.5 Å². The molecule has 0 rings (SSSR count). The average Bonchev–Trinajstić information content (AvgIpc) is 0.914. The average molecular weight is 1490 g/mol. The van der Waals surface area contributed by atoms with Crippen molar-refractivity contribution in [1.29, 1.82) is 0 Å². The topological polar surface area (TPSA) is 237 Å². The molecule has 0 saturated carbocycles. The Labute approximate surface area is 626 Å². The highest BCUT2D eigenvalue weighted by atomic mass is 31.2. The fourth-order valence-electron chi connectivity index (χ4n) is 12.8. The van der Waals surface area contributed by atoms with Gasteiger partial charge in [0.2, 0.25) is 0 Å². The number of esters is 4. The normalized spacial score (nSPS) is 14.0. The molecule has 0 aromatic rings. The Morgan fingerprint density at radius 3 is 0.608 bits per heavy atom. The van der Waals surface area contributed by atoms with Crippen molar-refractivity contribution in [1.82, 2.24) is 0 Å². The van der Waals surface area contributed by atoms with Crippen molar-refractivity contribution < 1.29 is 80.2 Å². The Balaban J connectivity index is 5.24. The van der Waals surface area contributed by atoms with E-state index in [1.165, 1.54) is 231 Å². The molecule has 0 aliphatic rings. The van der Waals surface area contributed by atoms with Gasteiger partial charge in [0.25, 0.3) is 0 Å². The lowest BCUT2D eigenvalue weighted by atomic mass is 10.0. The molecule has 0 amide bonds. The first-order valence-electron chi connectivity index (χ1n) is 42.7. The first-order chi connectivity index (χ1) is 49.1. The molecule has 0 bridgehead atoms. The van der Waals surface area contributed by atoms with Gasteiger partial charge in [0.1, 0.15) is 19.3 Å². The second-order valence-corrected chi connectivity index (χ2v) is 34.7. The number of carbonyl (C=O) groups is 4. The smallest absolute Gasteiger partial charge is 0.462 e. The van der Waals surface area contributed by atoms with E-state index in [1.807, 2.05) is 0 Å². The minimum absolute atomic E-state index is 0.106. The Hall–Kier alpha value is -1.94. The van der Waals surface area contributed by atoms with Gasteiger partial charge in [-0.15, -0.1) is 0 Å². The predicted molar refractivity (Wildman–Crippen MR) is 418 cm³/mol. The number of hydrogen-bond acceptors (Lipinski definition) is 15. The monoisotopic (exact) mass is 1490 g/mol. The van der Waals surface area contributed by atoms with Crippen molar-refractivity contribution in [3.63, 3.8) is 0 Å². The number of aliphatic hydroxyl groups excluding tert-OH is 1. The number of carbonyl (C=O) groups excluding carboxylic acids is 4. The molecule has 0 aliphatic heterocycles. The standard InChI is InChI=1S/C83H162O17P2/c1-73(2)59-51-43-35-27-21-16-13-11-9-10-12-14-18-25-31-41-49-57-65-82(87)99-78(69-93-80(85)63-55-47-39-30-24-19-15-17-22-28-36-44-52-60-74(3)4)71-97-101(89,90)95-67-77(84)68-96-102(91,92)98-72-79(70-94-81(86)64-56-48-40-34-33-38-46-54-62-76(7)8)100-83(88)66-58-50-42-32-26-20-23-29-37-45-53-61-75(5)6/h73-79,84H,9-72H2,1-8H3,(H,89,90)(H,91,92)/t77-,78-,79-/m1/s1. The summed E-state index contributed by atoms with van der Waals surface area (Å²) in [6.07, 6.45) is 59.7. The number of aliphatic hydroxyl groups is 1. The van der Waals surface area contributed by atoms with Crippen LogP contribution >= 0.6 is 15.6 Å². The van der Waals surface area contributed by atoms with Crippen LogP contribution in [0, 0.1) is 23.7 Å². The summed E-state index contributed by atoms with van der Waals surface area (Å²) < 4.78 is 68.8. The SMILES string of the molecule is CC(C)CCCCCCCCCCCCCCCCCCCCC(=O)O[C@H](COC(=O)CCCCCCCCCCCCCCCC(C)C)COP(=O)(O)OC[C@@H](O)COP(=O)(O)OC[C@@H](COC(=O)CCCCCCCCCCC(C)C)OC(=O)CCCCCCCCCCCCCC(C)C. The molecule has 2 unspecified atom stereocenters. The molecule has 17 nitrogen and oxygen atoms in total. The highest BCUT2D eigenvalue weighted by molar-refractivity contribution is 7.47. The quantitative estimate of drug-likeness (QED) is 0.0222. The second-order valence-electron chi connectivity index (χ2n) is 31.8. The van der Waals surface area contributed by atoms with E-state index in [0.717, 1.165) is 114 Å². The van der Waals surface area contributed by atoms with Crippen LogP contribution in [0.3, 0.4) is 0 Å². The first-order valence-corrected chi connectivity index (χ1v) is 45.7. The predicted octanol–water partition coefficient (Wildman–Crippen LogP) is 24.8. The largest absolute Gasteiger partial charge is 0.472 e. The van der Waals surface area contributed by atoms with E-state index in [9.17, 15) is 43.2 Å². The zero-order chi connectivity index (χ0) is 75.3. The fraction of sp³-hybridized carbons (Fsp3) is 0.952. The molecule has 0 spiro atoms. The summed E-state index contributed by atoms with van der Waals surface area (Å²) in [5, 5.41) is 10.7. The van der Waals surface area contributed by atoms with E-state index in [-0.39, 0.29) is 25.7 Å². The number of unbranched alkanes of at least 4 members (excludes halogenated alkanes) is 46. The summed E-state index contributed by atoms with van der Waals surface area (Å²) in [4.78, 5) is 73.1. The minimum Gasteiger partial charge on any atom is -0.462 e. The van der Waals surface area contributed by atoms with Gasteiger partial charge >= 0.3 is 39.5 Å². The van der Waals surface area contributed by atoms with Crippen LogP contribution in [-0.4, -0.2) is 96.7 Å². The Morgan fingerprint density at radius 1 is 0.245 bits per heavy atom. The maximum absolute atomic E-state index is 13.1. The molecule has 0 fully saturated rings. The van der Waals surface area contributed by atoms with E-state index >= 15 is 0 Å². The van der Waals surface area contributed by atoms with Gasteiger partial charge in [0.15, 0.2) is 12.2 Å². The zero-order valence-corrected chi connectivity index (χ0v) is 69.0. The lowest BCUT2D eigenvalue weighted by Gasteiger charge is -2.21. The summed E-state index contributed by atoms with van der Waals surface area (Å²) in [5.41, 5.74) is 0. The van der Waals surface area contributed by atoms with Crippen molar-refractivity contribution >= 4 is 39.5 Å². The third kappa shape index (κ3) is 76.3. The second kappa shape index (κ2) is 72.0. The number of rotatable bonds is 80. The Kier molecular flexibility index (Phi) is 70.6. The van der Waals surface area contributed by atoms with Gasteiger partial charge in [-0.05, 0) is 49.4 Å². The maximum Gasteiger partial charge on any atom is 0.472 e. The molecule has 0 saturated heterocycles. The van der Waals surface area contributed by atoms with Crippen molar-refractivity contribution in [2.45, 2.75) is 446 Å². The number of phosphoric acid groups is 2. The maximum atomic E-state index is 13.1. The van der Waals surface area contributed by atoms with Gasteiger partial charge in [-0.25, -0.2) is 9.13 Å². The zero-order valence-electron chi connectivity index (χ0n) is 67.2. The van der Waals surface area contributed by atoms with Crippen molar-refractivity contribution in [3.8, 4) is 0 Å². The van der Waals surface area contributed by atoms with Gasteiger partial charge in [-0.1, -0.05) is 376 Å². The van der Waals surface area contributed by atoms with Gasteiger partial charge in [0.05, 0.1) is 26.4 Å². The minimum atomic E-state index is -4.96. The van der Waals surface area contributed by atoms with Gasteiger partial charge in [-0.3, -0.25) is 37.3 Å². The van der Waals surface area contributed by atoms with Crippen LogP contribution in [0.4, 0.5) is 0 Å². The van der Waals surface area contributed by atoms with Crippen molar-refractivity contribution in [3.05, 3.63) is 0 Å². The van der Waals surface area contributed by atoms with Crippen LogP contribution in [0.5, 0.6) is 0 Å². The molecule has 3 N–H and O–H groups in total. The molecule has 0 aliphatic carbocycles. The van der Waals surface area contributed by atoms with Crippen LogP contribution in [0.2, 0.25) is 0 Å². The summed E-state index contributed by atoms with van der Waals surface area (Å²) in [6.45, 7) is 14.3. The molecule has 102 heavy (non-hydrogen) atoms. The molecule has 0 aromatic heterocycles. The summed E-state index contributed by atoms with van der Waals surface area (Å²) >= 11 is 0. The molecule has 0 heterocycles. The summed E-state index contributed by atoms with van der Waals surface area (Å²) in [5.74, 6) is 0.991. The molecule has 0 aromatic carbocycles. The third-order valence-corrected chi connectivity index (χ3v) is 21.2. The fourth-order valence-corrected chi connectivity index (χ4v) is 14.4. The van der Waals surface area contributed by atoms with Crippen molar-refractivity contribution in [2.75, 3.05) is 39.6 Å². The van der Waals surface area contributed by atoms with Gasteiger partial charge < -0.3 is 33.8 Å². The van der Waals surface area contributed by atoms with E-state index in [4.69, 9.17) is 37.0 Å². The molecule has 0 radical (unpaired) electrons. The molecule has 19 heteroatoms. The van der Waals surface area contributed by atoms with Crippen molar-refractivity contribution in [2.24, 2.45) is 23.7 Å². The van der Waals surface area contributed by atoms with Crippen LogP contribution < -0.4 is 0 Å². The molecular formula is C83H162O17P2. The van der Waals surface area contributed by atoms with E-state index in [2.05, 4.69) is 55.4 Å². The number of phosphoric ester groups is 2. The summed E-state index contributed by atoms with van der Waals surface area (Å²) in [7, 11) is -9.93. The Bertz CT molecular complexity index is 1990.